The summed E-state index contributed by atoms with van der Waals surface area (Å²) in [7, 11) is -4.61. The van der Waals surface area contributed by atoms with Crippen molar-refractivity contribution in [2.75, 3.05) is 0 Å². The van der Waals surface area contributed by atoms with E-state index in [1.165, 1.54) is 13.0 Å². The highest BCUT2D eigenvalue weighted by Gasteiger charge is 2.20. The second kappa shape index (κ2) is 5.43. The molecule has 0 atom stereocenters. The van der Waals surface area contributed by atoms with Crippen LogP contribution in [0.2, 0.25) is 0 Å². The quantitative estimate of drug-likeness (QED) is 0.660. The molecule has 0 aliphatic carbocycles. The van der Waals surface area contributed by atoms with E-state index >= 15 is 0 Å². The maximum absolute atomic E-state index is 11.3. The smallest absolute Gasteiger partial charge is 0.379 e. The third-order valence-corrected chi connectivity index (χ3v) is 3.15. The van der Waals surface area contributed by atoms with Gasteiger partial charge in [0.1, 0.15) is 23.7 Å². The van der Waals surface area contributed by atoms with E-state index in [1.807, 2.05) is 6.07 Å². The Labute approximate surface area is 115 Å². The van der Waals surface area contributed by atoms with E-state index in [-0.39, 0.29) is 18.0 Å². The number of carbonyl (C=O) groups is 1. The standard InChI is InChI=1S/C12H12N2O5S/c1-9(15)12-7-10(13-14(12)20(16,17)18)8-19-11-5-3-2-4-6-11/h2-7H,8H2,1H3,(H,16,17,18). The Balaban J connectivity index is 2.24. The molecule has 20 heavy (non-hydrogen) atoms. The molecule has 1 aromatic heterocycles. The van der Waals surface area contributed by atoms with Crippen molar-refractivity contribution in [3.63, 3.8) is 0 Å². The Kier molecular flexibility index (Phi) is 3.86. The van der Waals surface area contributed by atoms with Crippen molar-refractivity contribution in [2.45, 2.75) is 13.5 Å². The van der Waals surface area contributed by atoms with Crippen LogP contribution < -0.4 is 4.74 Å². The SMILES string of the molecule is CC(=O)c1cc(COc2ccccc2)nn1S(=O)(=O)O. The fraction of sp³-hybridized carbons (Fsp3) is 0.167. The van der Waals surface area contributed by atoms with Gasteiger partial charge in [-0.3, -0.25) is 9.35 Å². The van der Waals surface area contributed by atoms with Gasteiger partial charge in [-0.25, -0.2) is 0 Å². The molecule has 7 nitrogen and oxygen atoms in total. The number of carbonyl (C=O) groups excluding carboxylic acids is 1. The van der Waals surface area contributed by atoms with E-state index < -0.39 is 16.1 Å². The molecule has 0 unspecified atom stereocenters. The lowest BCUT2D eigenvalue weighted by molar-refractivity contribution is 0.101. The number of Topliss-reactive ketones (excluding diaryl/α,β-unsaturated/α-hetero) is 1. The Bertz CT molecular complexity index is 722. The van der Waals surface area contributed by atoms with Crippen molar-refractivity contribution in [3.8, 4) is 5.75 Å². The number of para-hydroxylation sites is 1. The van der Waals surface area contributed by atoms with Crippen LogP contribution in [0, 0.1) is 0 Å². The van der Waals surface area contributed by atoms with Crippen LogP contribution in [0.1, 0.15) is 23.1 Å². The zero-order valence-corrected chi connectivity index (χ0v) is 11.4. The molecule has 0 bridgehead atoms. The lowest BCUT2D eigenvalue weighted by atomic mass is 10.3. The molecule has 0 spiro atoms. The van der Waals surface area contributed by atoms with Crippen LogP contribution in [0.4, 0.5) is 0 Å². The summed E-state index contributed by atoms with van der Waals surface area (Å²) < 4.78 is 36.9. The van der Waals surface area contributed by atoms with Gasteiger partial charge < -0.3 is 4.74 Å². The molecular formula is C12H12N2O5S. The minimum atomic E-state index is -4.61. The average molecular weight is 296 g/mol. The molecule has 0 aliphatic heterocycles. The van der Waals surface area contributed by atoms with Gasteiger partial charge in [-0.1, -0.05) is 18.2 Å². The highest BCUT2D eigenvalue weighted by atomic mass is 32.2. The van der Waals surface area contributed by atoms with E-state index in [0.717, 1.165) is 0 Å². The van der Waals surface area contributed by atoms with Crippen molar-refractivity contribution < 1.29 is 22.5 Å². The average Bonchev–Trinajstić information content (AvgIpc) is 2.82. The highest BCUT2D eigenvalue weighted by molar-refractivity contribution is 7.84. The van der Waals surface area contributed by atoms with Crippen molar-refractivity contribution in [2.24, 2.45) is 0 Å². The number of aromatic nitrogens is 2. The minimum absolute atomic E-state index is 0.0210. The molecule has 106 valence electrons. The first-order valence-corrected chi connectivity index (χ1v) is 7.03. The summed E-state index contributed by atoms with van der Waals surface area (Å²) in [6.07, 6.45) is 0. The molecule has 0 fully saturated rings. The van der Waals surface area contributed by atoms with Gasteiger partial charge in [0.25, 0.3) is 0 Å². The number of benzene rings is 1. The zero-order valence-electron chi connectivity index (χ0n) is 10.6. The number of nitrogens with zero attached hydrogens (tertiary/aromatic N) is 2. The predicted octanol–water partition coefficient (Wildman–Crippen LogP) is 1.32. The predicted molar refractivity (Wildman–Crippen MR) is 70.0 cm³/mol. The molecule has 8 heteroatoms. The van der Waals surface area contributed by atoms with Crippen LogP contribution in [0.3, 0.4) is 0 Å². The number of rotatable bonds is 5. The van der Waals surface area contributed by atoms with E-state index in [9.17, 15) is 13.2 Å². The largest absolute Gasteiger partial charge is 0.487 e. The van der Waals surface area contributed by atoms with Gasteiger partial charge >= 0.3 is 10.3 Å². The summed E-state index contributed by atoms with van der Waals surface area (Å²) in [5.41, 5.74) is -0.00385. The Morgan fingerprint density at radius 3 is 2.50 bits per heavy atom. The summed E-state index contributed by atoms with van der Waals surface area (Å²) in [4.78, 5) is 11.3. The first-order valence-electron chi connectivity index (χ1n) is 5.63. The van der Waals surface area contributed by atoms with E-state index in [0.29, 0.717) is 9.84 Å². The van der Waals surface area contributed by atoms with Crippen molar-refractivity contribution in [1.82, 2.24) is 9.19 Å². The second-order valence-corrected chi connectivity index (χ2v) is 5.24. The molecular weight excluding hydrogens is 284 g/mol. The summed E-state index contributed by atoms with van der Waals surface area (Å²) in [6.45, 7) is 1.16. The molecule has 0 radical (unpaired) electrons. The van der Waals surface area contributed by atoms with Crippen LogP contribution >= 0.6 is 0 Å². The van der Waals surface area contributed by atoms with Crippen LogP contribution in [-0.2, 0) is 16.9 Å². The number of ketones is 1. The zero-order chi connectivity index (χ0) is 14.8. The third-order valence-electron chi connectivity index (χ3n) is 2.44. The van der Waals surface area contributed by atoms with Gasteiger partial charge in [-0.15, -0.1) is 4.09 Å². The van der Waals surface area contributed by atoms with Gasteiger partial charge in [-0.2, -0.15) is 13.5 Å². The van der Waals surface area contributed by atoms with Gasteiger partial charge in [0, 0.05) is 6.92 Å². The normalized spacial score (nSPS) is 11.3. The number of ether oxygens (including phenoxy) is 1. The molecule has 1 aromatic carbocycles. The molecule has 0 saturated carbocycles. The van der Waals surface area contributed by atoms with Crippen LogP contribution in [0.25, 0.3) is 0 Å². The van der Waals surface area contributed by atoms with Crippen molar-refractivity contribution >= 4 is 16.1 Å². The van der Waals surface area contributed by atoms with Crippen LogP contribution in [-0.4, -0.2) is 27.9 Å². The van der Waals surface area contributed by atoms with Crippen LogP contribution in [0.5, 0.6) is 5.75 Å². The monoisotopic (exact) mass is 296 g/mol. The van der Waals surface area contributed by atoms with Crippen LogP contribution in [0.15, 0.2) is 36.4 Å². The van der Waals surface area contributed by atoms with Crippen molar-refractivity contribution in [1.29, 1.82) is 0 Å². The fourth-order valence-corrected chi connectivity index (χ4v) is 2.21. The molecule has 0 amide bonds. The first-order chi connectivity index (χ1) is 9.38. The van der Waals surface area contributed by atoms with E-state index in [4.69, 9.17) is 9.29 Å². The molecule has 1 heterocycles. The van der Waals surface area contributed by atoms with Crippen molar-refractivity contribution in [3.05, 3.63) is 47.8 Å². The topological polar surface area (TPSA) is 98.5 Å². The lowest BCUT2D eigenvalue weighted by Gasteiger charge is -2.02. The number of hydrogen-bond acceptors (Lipinski definition) is 5. The minimum Gasteiger partial charge on any atom is -0.487 e. The molecule has 0 aliphatic rings. The fourth-order valence-electron chi connectivity index (χ4n) is 1.57. The molecule has 2 aromatic rings. The molecule has 0 saturated heterocycles. The third kappa shape index (κ3) is 3.22. The van der Waals surface area contributed by atoms with Gasteiger partial charge in [-0.05, 0) is 18.2 Å². The van der Waals surface area contributed by atoms with E-state index in [2.05, 4.69) is 5.10 Å². The Morgan fingerprint density at radius 2 is 2.00 bits per heavy atom. The second-order valence-electron chi connectivity index (χ2n) is 4.00. The lowest BCUT2D eigenvalue weighted by Crippen LogP contribution is -2.17. The maximum Gasteiger partial charge on any atom is 0.379 e. The van der Waals surface area contributed by atoms with Gasteiger partial charge in [0.05, 0.1) is 0 Å². The molecule has 2 rings (SSSR count). The summed E-state index contributed by atoms with van der Waals surface area (Å²) in [5, 5.41) is 3.65. The Hall–Kier alpha value is -2.19. The Morgan fingerprint density at radius 1 is 1.35 bits per heavy atom. The number of hydrogen-bond donors (Lipinski definition) is 1. The highest BCUT2D eigenvalue weighted by Crippen LogP contribution is 2.13. The summed E-state index contributed by atoms with van der Waals surface area (Å²) >= 11 is 0. The van der Waals surface area contributed by atoms with Gasteiger partial charge in [0.15, 0.2) is 5.78 Å². The summed E-state index contributed by atoms with van der Waals surface area (Å²) in [6, 6.07) is 10.1. The first kappa shape index (κ1) is 14.2. The van der Waals surface area contributed by atoms with E-state index in [1.54, 1.807) is 24.3 Å². The maximum atomic E-state index is 11.3. The van der Waals surface area contributed by atoms with Gasteiger partial charge in [0.2, 0.25) is 0 Å². The molecule has 1 N–H and O–H groups in total. The summed E-state index contributed by atoms with van der Waals surface area (Å²) in [5.74, 6) is 0.0550.